The van der Waals surface area contributed by atoms with Crippen molar-refractivity contribution in [2.45, 2.75) is 51.0 Å². The molecule has 0 aromatic heterocycles. The van der Waals surface area contributed by atoms with Crippen LogP contribution in [0.4, 0.5) is 15.8 Å². The van der Waals surface area contributed by atoms with Crippen molar-refractivity contribution in [1.82, 2.24) is 5.01 Å². The van der Waals surface area contributed by atoms with Crippen molar-refractivity contribution in [3.8, 4) is 0 Å². The third kappa shape index (κ3) is 3.66. The van der Waals surface area contributed by atoms with E-state index in [9.17, 15) is 4.39 Å². The molecule has 1 aliphatic carbocycles. The smallest absolute Gasteiger partial charge is 0.123 e. The van der Waals surface area contributed by atoms with Crippen molar-refractivity contribution < 1.29 is 9.13 Å². The first-order valence-electron chi connectivity index (χ1n) is 10.0. The Kier molecular flexibility index (Phi) is 5.29. The van der Waals surface area contributed by atoms with E-state index < -0.39 is 6.17 Å². The van der Waals surface area contributed by atoms with Crippen LogP contribution in [0.5, 0.6) is 0 Å². The van der Waals surface area contributed by atoms with Crippen molar-refractivity contribution in [3.63, 3.8) is 0 Å². The highest BCUT2D eigenvalue weighted by Gasteiger charge is 2.39. The summed E-state index contributed by atoms with van der Waals surface area (Å²) in [5, 5.41) is 1.87. The maximum Gasteiger partial charge on any atom is 0.123 e. The van der Waals surface area contributed by atoms with Crippen molar-refractivity contribution in [1.29, 1.82) is 0 Å². The molecule has 4 N–H and O–H groups in total. The summed E-state index contributed by atoms with van der Waals surface area (Å²) in [6.45, 7) is 5.35. The molecule has 7 heteroatoms. The highest BCUT2D eigenvalue weighted by molar-refractivity contribution is 5.72. The Morgan fingerprint density at radius 3 is 2.78 bits per heavy atom. The van der Waals surface area contributed by atoms with Gasteiger partial charge in [0.2, 0.25) is 0 Å². The molecule has 6 nitrogen and oxygen atoms in total. The van der Waals surface area contributed by atoms with Crippen LogP contribution in [0.2, 0.25) is 0 Å². The van der Waals surface area contributed by atoms with Crippen LogP contribution in [0, 0.1) is 12.8 Å². The number of hydrogen-bond donors (Lipinski definition) is 2. The molecule has 2 heterocycles. The van der Waals surface area contributed by atoms with Gasteiger partial charge in [-0.1, -0.05) is 6.07 Å². The molecule has 0 radical (unpaired) electrons. The average molecular weight is 378 g/mol. The van der Waals surface area contributed by atoms with Crippen LogP contribution < -0.4 is 21.4 Å². The van der Waals surface area contributed by atoms with E-state index in [-0.39, 0.29) is 12.0 Å². The first-order valence-corrected chi connectivity index (χ1v) is 10.0. The number of hydrogen-bond acceptors (Lipinski definition) is 6. The van der Waals surface area contributed by atoms with Gasteiger partial charge < -0.3 is 20.3 Å². The summed E-state index contributed by atoms with van der Waals surface area (Å²) in [7, 11) is 1.66. The molecule has 150 valence electrons. The molecule has 1 saturated heterocycles. The summed E-state index contributed by atoms with van der Waals surface area (Å²) in [5.41, 5.74) is 11.2. The molecule has 3 aliphatic rings. The number of anilines is 2. The van der Waals surface area contributed by atoms with E-state index in [1.54, 1.807) is 7.11 Å². The molecule has 0 spiro atoms. The van der Waals surface area contributed by atoms with Gasteiger partial charge in [0.15, 0.2) is 0 Å². The normalized spacial score (nSPS) is 27.1. The predicted molar refractivity (Wildman–Crippen MR) is 106 cm³/mol. The number of ether oxygens (including phenoxy) is 1. The maximum atomic E-state index is 14.7. The Bertz CT molecular complexity index is 683. The molecular formula is C20H32FN5O. The lowest BCUT2D eigenvalue weighted by Crippen LogP contribution is -2.47. The van der Waals surface area contributed by atoms with Crippen LogP contribution in [0.3, 0.4) is 0 Å². The molecule has 1 saturated carbocycles. The fraction of sp³-hybridized carbons (Fsp3) is 0.700. The summed E-state index contributed by atoms with van der Waals surface area (Å²) in [5.74, 6) is 5.99. The molecule has 1 aromatic rings. The van der Waals surface area contributed by atoms with Crippen molar-refractivity contribution in [3.05, 3.63) is 23.3 Å². The van der Waals surface area contributed by atoms with Crippen LogP contribution in [-0.4, -0.2) is 56.7 Å². The summed E-state index contributed by atoms with van der Waals surface area (Å²) in [6.07, 6.45) is 2.25. The lowest BCUT2D eigenvalue weighted by atomic mass is 9.96. The molecule has 0 unspecified atom stereocenters. The Morgan fingerprint density at radius 1 is 1.30 bits per heavy atom. The summed E-state index contributed by atoms with van der Waals surface area (Å²) in [4.78, 5) is 4.61. The van der Waals surface area contributed by atoms with Gasteiger partial charge in [-0.15, -0.1) is 0 Å². The largest absolute Gasteiger partial charge is 0.385 e. The van der Waals surface area contributed by atoms with Gasteiger partial charge in [-0.3, -0.25) is 5.84 Å². The second-order valence-electron chi connectivity index (χ2n) is 8.34. The molecule has 27 heavy (non-hydrogen) atoms. The zero-order valence-electron chi connectivity index (χ0n) is 16.4. The van der Waals surface area contributed by atoms with Crippen molar-refractivity contribution >= 4 is 11.4 Å². The third-order valence-electron chi connectivity index (χ3n) is 6.30. The number of halogens is 1. The van der Waals surface area contributed by atoms with E-state index in [2.05, 4.69) is 28.9 Å². The van der Waals surface area contributed by atoms with Crippen LogP contribution in [-0.2, 0) is 11.3 Å². The number of alkyl halides is 1. The van der Waals surface area contributed by atoms with Gasteiger partial charge in [0.25, 0.3) is 0 Å². The molecule has 1 aromatic carbocycles. The third-order valence-corrected chi connectivity index (χ3v) is 6.30. The van der Waals surface area contributed by atoms with Gasteiger partial charge in [0, 0.05) is 62.7 Å². The molecule has 2 aliphatic heterocycles. The molecule has 2 fully saturated rings. The monoisotopic (exact) mass is 377 g/mol. The first kappa shape index (κ1) is 18.9. The zero-order chi connectivity index (χ0) is 19.1. The van der Waals surface area contributed by atoms with E-state index in [1.165, 1.54) is 29.7 Å². The number of nitrogens with two attached hydrogens (primary N) is 2. The standard InChI is InChI=1S/C20H32FN5O/c1-13-19(24-10-16(17(21)11-24)18(22)7-8-27-2)6-3-14-9-25(23)12-26(20(13)14)15-4-5-15/h3,6,15-18H,4-5,7-12,22-23H2,1-2H3/t16-,17-,18+/m0/s1. The first-order chi connectivity index (χ1) is 13.0. The minimum Gasteiger partial charge on any atom is -0.385 e. The molecule has 0 amide bonds. The fourth-order valence-electron chi connectivity index (χ4n) is 4.69. The van der Waals surface area contributed by atoms with E-state index in [0.29, 0.717) is 32.2 Å². The molecule has 3 atom stereocenters. The highest BCUT2D eigenvalue weighted by atomic mass is 19.1. The van der Waals surface area contributed by atoms with Crippen molar-refractivity contribution in [2.24, 2.45) is 17.5 Å². The summed E-state index contributed by atoms with van der Waals surface area (Å²) in [6, 6.07) is 4.72. The second-order valence-corrected chi connectivity index (χ2v) is 8.34. The lowest BCUT2D eigenvalue weighted by Gasteiger charge is -2.39. The highest BCUT2D eigenvalue weighted by Crippen LogP contribution is 2.42. The van der Waals surface area contributed by atoms with E-state index in [0.717, 1.165) is 18.9 Å². The Morgan fingerprint density at radius 2 is 2.07 bits per heavy atom. The Labute approximate surface area is 161 Å². The number of benzene rings is 1. The van der Waals surface area contributed by atoms with E-state index >= 15 is 0 Å². The van der Waals surface area contributed by atoms with E-state index in [1.807, 2.05) is 5.01 Å². The van der Waals surface area contributed by atoms with Gasteiger partial charge in [-0.25, -0.2) is 9.40 Å². The topological polar surface area (TPSA) is 71.0 Å². The predicted octanol–water partition coefficient (Wildman–Crippen LogP) is 1.75. The van der Waals surface area contributed by atoms with Crippen LogP contribution in [0.1, 0.15) is 30.4 Å². The van der Waals surface area contributed by atoms with Gasteiger partial charge >= 0.3 is 0 Å². The molecular weight excluding hydrogens is 345 g/mol. The van der Waals surface area contributed by atoms with Gasteiger partial charge in [0.05, 0.1) is 6.67 Å². The molecule has 0 bridgehead atoms. The van der Waals surface area contributed by atoms with Gasteiger partial charge in [-0.05, 0) is 43.4 Å². The van der Waals surface area contributed by atoms with Gasteiger partial charge in [-0.2, -0.15) is 0 Å². The summed E-state index contributed by atoms with van der Waals surface area (Å²) < 4.78 is 19.9. The fourth-order valence-corrected chi connectivity index (χ4v) is 4.69. The zero-order valence-corrected chi connectivity index (χ0v) is 16.4. The van der Waals surface area contributed by atoms with Crippen molar-refractivity contribution in [2.75, 3.05) is 43.3 Å². The van der Waals surface area contributed by atoms with Crippen LogP contribution >= 0.6 is 0 Å². The van der Waals surface area contributed by atoms with Crippen LogP contribution in [0.15, 0.2) is 12.1 Å². The quantitative estimate of drug-likeness (QED) is 0.736. The lowest BCUT2D eigenvalue weighted by molar-refractivity contribution is 0.166. The second kappa shape index (κ2) is 7.54. The summed E-state index contributed by atoms with van der Waals surface area (Å²) >= 11 is 0. The number of rotatable bonds is 6. The maximum absolute atomic E-state index is 14.7. The SMILES string of the molecule is COCC[C@@H](N)[C@H]1CN(c2ccc3c(c2C)N(C2CC2)CN(N)C3)C[C@@H]1F. The number of hydrazine groups is 1. The minimum atomic E-state index is -0.897. The van der Waals surface area contributed by atoms with E-state index in [4.69, 9.17) is 16.3 Å². The number of methoxy groups -OCH3 is 1. The minimum absolute atomic E-state index is 0.144. The Hall–Kier alpha value is -1.41. The van der Waals surface area contributed by atoms with Gasteiger partial charge in [0.1, 0.15) is 6.17 Å². The molecule has 4 rings (SSSR count). The number of fused-ring (bicyclic) bond motifs is 1. The van der Waals surface area contributed by atoms with Crippen LogP contribution in [0.25, 0.3) is 0 Å². The average Bonchev–Trinajstić information content (AvgIpc) is 3.41. The number of nitrogens with zero attached hydrogens (tertiary/aromatic N) is 3. The Balaban J connectivity index is 1.57.